The van der Waals surface area contributed by atoms with Crippen molar-refractivity contribution >= 4 is 17.3 Å². The molecule has 0 radical (unpaired) electrons. The lowest BCUT2D eigenvalue weighted by Crippen LogP contribution is -2.33. The number of nitriles is 1. The molecular weight excluding hydrogens is 236 g/mol. The quantitative estimate of drug-likeness (QED) is 0.808. The van der Waals surface area contributed by atoms with Crippen LogP contribution in [0.15, 0.2) is 18.2 Å². The van der Waals surface area contributed by atoms with Crippen LogP contribution in [-0.4, -0.2) is 26.3 Å². The maximum Gasteiger partial charge on any atom is 0.101 e. The summed E-state index contributed by atoms with van der Waals surface area (Å²) in [5.41, 5.74) is 1.52. The van der Waals surface area contributed by atoms with Gasteiger partial charge in [0.05, 0.1) is 17.2 Å². The molecule has 3 nitrogen and oxygen atoms in total. The van der Waals surface area contributed by atoms with Crippen molar-refractivity contribution in [3.63, 3.8) is 0 Å². The predicted molar refractivity (Wildman–Crippen MR) is 70.5 cm³/mol. The molecule has 0 fully saturated rings. The van der Waals surface area contributed by atoms with Gasteiger partial charge in [-0.15, -0.1) is 0 Å². The Bertz CT molecular complexity index is 412. The fourth-order valence-corrected chi connectivity index (χ4v) is 1.87. The Morgan fingerprint density at radius 1 is 1.47 bits per heavy atom. The first kappa shape index (κ1) is 13.8. The predicted octanol–water partition coefficient (Wildman–Crippen LogP) is 3.07. The highest BCUT2D eigenvalue weighted by atomic mass is 35.5. The summed E-state index contributed by atoms with van der Waals surface area (Å²) in [4.78, 5) is 2.19. The van der Waals surface area contributed by atoms with Crippen LogP contribution in [-0.2, 0) is 4.74 Å². The van der Waals surface area contributed by atoms with Crippen molar-refractivity contribution < 1.29 is 4.74 Å². The van der Waals surface area contributed by atoms with Gasteiger partial charge in [0, 0.05) is 25.4 Å². The van der Waals surface area contributed by atoms with E-state index in [0.29, 0.717) is 23.2 Å². The molecule has 0 atom stereocenters. The van der Waals surface area contributed by atoms with Gasteiger partial charge in [0.1, 0.15) is 6.07 Å². The second-order valence-corrected chi connectivity index (χ2v) is 4.46. The zero-order valence-corrected chi connectivity index (χ0v) is 11.2. The monoisotopic (exact) mass is 252 g/mol. The first-order valence-electron chi connectivity index (χ1n) is 5.55. The molecule has 1 rings (SSSR count). The molecule has 0 heterocycles. The van der Waals surface area contributed by atoms with Crippen LogP contribution in [0.2, 0.25) is 5.02 Å². The number of hydrogen-bond donors (Lipinski definition) is 0. The third-order valence-electron chi connectivity index (χ3n) is 2.56. The number of hydrogen-bond acceptors (Lipinski definition) is 3. The molecule has 0 spiro atoms. The first-order chi connectivity index (χ1) is 8.10. The Morgan fingerprint density at radius 2 is 2.18 bits per heavy atom. The van der Waals surface area contributed by atoms with Gasteiger partial charge in [-0.25, -0.2) is 0 Å². The van der Waals surface area contributed by atoms with Crippen molar-refractivity contribution in [2.24, 2.45) is 0 Å². The lowest BCUT2D eigenvalue weighted by Gasteiger charge is -2.29. The summed E-state index contributed by atoms with van der Waals surface area (Å²) in [5.74, 6) is 0. The summed E-state index contributed by atoms with van der Waals surface area (Å²) in [6.07, 6.45) is 0. The smallest absolute Gasteiger partial charge is 0.101 e. The van der Waals surface area contributed by atoms with E-state index in [2.05, 4.69) is 24.8 Å². The van der Waals surface area contributed by atoms with E-state index in [1.165, 1.54) is 0 Å². The van der Waals surface area contributed by atoms with Crippen LogP contribution in [0.5, 0.6) is 0 Å². The average Bonchev–Trinajstić information content (AvgIpc) is 2.29. The molecule has 1 aromatic rings. The number of nitrogens with zero attached hydrogens (tertiary/aromatic N) is 2. The van der Waals surface area contributed by atoms with E-state index < -0.39 is 0 Å². The van der Waals surface area contributed by atoms with Crippen molar-refractivity contribution in [3.05, 3.63) is 28.8 Å². The fourth-order valence-electron chi connectivity index (χ4n) is 1.65. The summed E-state index contributed by atoms with van der Waals surface area (Å²) >= 11 is 6.03. The molecule has 0 amide bonds. The van der Waals surface area contributed by atoms with Crippen LogP contribution >= 0.6 is 11.6 Å². The van der Waals surface area contributed by atoms with Crippen molar-refractivity contribution in [3.8, 4) is 6.07 Å². The van der Waals surface area contributed by atoms with Crippen LogP contribution in [0.1, 0.15) is 19.4 Å². The van der Waals surface area contributed by atoms with Crippen LogP contribution in [0, 0.1) is 11.3 Å². The van der Waals surface area contributed by atoms with Crippen LogP contribution in [0.3, 0.4) is 0 Å². The second kappa shape index (κ2) is 6.48. The number of benzene rings is 1. The lowest BCUT2D eigenvalue weighted by atomic mass is 10.2. The van der Waals surface area contributed by atoms with Gasteiger partial charge in [0.15, 0.2) is 0 Å². The van der Waals surface area contributed by atoms with E-state index in [4.69, 9.17) is 21.6 Å². The third kappa shape index (κ3) is 3.62. The number of halogens is 1. The van der Waals surface area contributed by atoms with Gasteiger partial charge in [-0.1, -0.05) is 11.6 Å². The summed E-state index contributed by atoms with van der Waals surface area (Å²) in [6.45, 7) is 5.69. The molecule has 0 N–H and O–H groups in total. The van der Waals surface area contributed by atoms with E-state index in [1.807, 2.05) is 12.1 Å². The maximum absolute atomic E-state index is 8.83. The van der Waals surface area contributed by atoms with E-state index in [-0.39, 0.29) is 0 Å². The minimum atomic E-state index is 0.356. The molecule has 0 aliphatic rings. The SMILES string of the molecule is COCCN(c1ccc(C#N)c(Cl)c1)C(C)C. The molecule has 0 saturated heterocycles. The van der Waals surface area contributed by atoms with Gasteiger partial charge in [-0.3, -0.25) is 0 Å². The molecule has 4 heteroatoms. The molecule has 1 aromatic carbocycles. The van der Waals surface area contributed by atoms with E-state index in [9.17, 15) is 0 Å². The van der Waals surface area contributed by atoms with Gasteiger partial charge in [0.2, 0.25) is 0 Å². The van der Waals surface area contributed by atoms with Crippen molar-refractivity contribution in [2.45, 2.75) is 19.9 Å². The Kier molecular flexibility index (Phi) is 5.27. The molecule has 0 unspecified atom stereocenters. The summed E-state index contributed by atoms with van der Waals surface area (Å²) in [6, 6.07) is 7.91. The third-order valence-corrected chi connectivity index (χ3v) is 2.88. The van der Waals surface area contributed by atoms with Crippen molar-refractivity contribution in [1.82, 2.24) is 0 Å². The molecule has 0 aliphatic carbocycles. The molecule has 92 valence electrons. The van der Waals surface area contributed by atoms with Gasteiger partial charge < -0.3 is 9.64 Å². The topological polar surface area (TPSA) is 36.3 Å². The Balaban J connectivity index is 2.95. The van der Waals surface area contributed by atoms with Crippen LogP contribution in [0.4, 0.5) is 5.69 Å². The maximum atomic E-state index is 8.83. The molecular formula is C13H17ClN2O. The zero-order valence-electron chi connectivity index (χ0n) is 10.4. The normalized spacial score (nSPS) is 10.4. The minimum absolute atomic E-state index is 0.356. The largest absolute Gasteiger partial charge is 0.383 e. The van der Waals surface area contributed by atoms with Crippen LogP contribution < -0.4 is 4.90 Å². The fraction of sp³-hybridized carbons (Fsp3) is 0.462. The standard InChI is InChI=1S/C13H17ClN2O/c1-10(2)16(6-7-17-3)12-5-4-11(9-15)13(14)8-12/h4-5,8,10H,6-7H2,1-3H3. The molecule has 0 aliphatic heterocycles. The highest BCUT2D eigenvalue weighted by Gasteiger charge is 2.11. The van der Waals surface area contributed by atoms with E-state index in [0.717, 1.165) is 12.2 Å². The second-order valence-electron chi connectivity index (χ2n) is 4.06. The molecule has 0 saturated carbocycles. The number of ether oxygens (including phenoxy) is 1. The van der Waals surface area contributed by atoms with E-state index in [1.54, 1.807) is 13.2 Å². The van der Waals surface area contributed by atoms with Crippen molar-refractivity contribution in [2.75, 3.05) is 25.2 Å². The molecule has 0 bridgehead atoms. The van der Waals surface area contributed by atoms with Gasteiger partial charge in [0.25, 0.3) is 0 Å². The van der Waals surface area contributed by atoms with Gasteiger partial charge in [-0.2, -0.15) is 5.26 Å². The minimum Gasteiger partial charge on any atom is -0.383 e. The Morgan fingerprint density at radius 3 is 2.65 bits per heavy atom. The summed E-state index contributed by atoms with van der Waals surface area (Å²) in [5, 5.41) is 9.32. The summed E-state index contributed by atoms with van der Waals surface area (Å²) < 4.78 is 5.09. The number of rotatable bonds is 5. The molecule has 17 heavy (non-hydrogen) atoms. The van der Waals surface area contributed by atoms with E-state index >= 15 is 0 Å². The Hall–Kier alpha value is -1.24. The van der Waals surface area contributed by atoms with Crippen LogP contribution in [0.25, 0.3) is 0 Å². The Labute approximate surface area is 108 Å². The lowest BCUT2D eigenvalue weighted by molar-refractivity contribution is 0.204. The average molecular weight is 253 g/mol. The van der Waals surface area contributed by atoms with Gasteiger partial charge in [-0.05, 0) is 32.0 Å². The highest BCUT2D eigenvalue weighted by Crippen LogP contribution is 2.24. The number of anilines is 1. The summed E-state index contributed by atoms with van der Waals surface area (Å²) in [7, 11) is 1.68. The number of methoxy groups -OCH3 is 1. The van der Waals surface area contributed by atoms with Crippen molar-refractivity contribution in [1.29, 1.82) is 5.26 Å². The molecule has 0 aromatic heterocycles. The first-order valence-corrected chi connectivity index (χ1v) is 5.93. The zero-order chi connectivity index (χ0) is 12.8. The van der Waals surface area contributed by atoms with Gasteiger partial charge >= 0.3 is 0 Å². The highest BCUT2D eigenvalue weighted by molar-refractivity contribution is 6.32.